The van der Waals surface area contributed by atoms with Crippen molar-refractivity contribution in [3.63, 3.8) is 0 Å². The molecule has 0 aliphatic carbocycles. The van der Waals surface area contributed by atoms with Gasteiger partial charge < -0.3 is 10.0 Å². The topological polar surface area (TPSA) is 70.4 Å². The quantitative estimate of drug-likeness (QED) is 0.896. The average Bonchev–Trinajstić information content (AvgIpc) is 2.65. The van der Waals surface area contributed by atoms with Gasteiger partial charge in [0.1, 0.15) is 0 Å². The van der Waals surface area contributed by atoms with Crippen LogP contribution in [0.5, 0.6) is 0 Å². The molecule has 1 atom stereocenters. The smallest absolute Gasteiger partial charge is 0.323 e. The molecule has 0 spiro atoms. The van der Waals surface area contributed by atoms with E-state index in [0.717, 1.165) is 12.1 Å². The normalized spacial score (nSPS) is 17.5. The van der Waals surface area contributed by atoms with Gasteiger partial charge in [0.25, 0.3) is 0 Å². The zero-order valence-corrected chi connectivity index (χ0v) is 13.6. The second-order valence-corrected chi connectivity index (χ2v) is 6.56. The second-order valence-electron chi connectivity index (χ2n) is 6.56. The molecule has 0 radical (unpaired) electrons. The maximum Gasteiger partial charge on any atom is 0.323 e. The van der Waals surface area contributed by atoms with Crippen LogP contribution in [0.1, 0.15) is 45.9 Å². The Morgan fingerprint density at radius 1 is 1.57 bits per heavy atom. The molecule has 0 aromatic carbocycles. The van der Waals surface area contributed by atoms with Crippen LogP contribution in [-0.2, 0) is 0 Å². The van der Waals surface area contributed by atoms with E-state index >= 15 is 0 Å². The Morgan fingerprint density at radius 2 is 2.19 bits per heavy atom. The van der Waals surface area contributed by atoms with Crippen molar-refractivity contribution in [2.75, 3.05) is 18.4 Å². The molecule has 1 fully saturated rings. The van der Waals surface area contributed by atoms with E-state index in [4.69, 9.17) is 0 Å². The van der Waals surface area contributed by atoms with Gasteiger partial charge in [-0.3, -0.25) is 10.00 Å². The van der Waals surface area contributed by atoms with E-state index in [0.29, 0.717) is 24.9 Å². The summed E-state index contributed by atoms with van der Waals surface area (Å²) in [7, 11) is 0. The molecule has 1 aromatic heterocycles. The number of likely N-dealkylation sites (tertiary alicyclic amines) is 1. The molecule has 118 valence electrons. The predicted molar refractivity (Wildman–Crippen MR) is 82.3 cm³/mol. The van der Waals surface area contributed by atoms with Crippen molar-refractivity contribution < 1.29 is 9.90 Å². The van der Waals surface area contributed by atoms with Gasteiger partial charge in [0, 0.05) is 36.8 Å². The van der Waals surface area contributed by atoms with Gasteiger partial charge in [-0.1, -0.05) is 6.92 Å². The minimum Gasteiger partial charge on any atom is -0.390 e. The molecule has 2 amide bonds. The summed E-state index contributed by atoms with van der Waals surface area (Å²) in [5.74, 6) is 0.729. The molecular formula is C15H26N4O2. The number of amides is 2. The summed E-state index contributed by atoms with van der Waals surface area (Å²) < 4.78 is 1.94. The largest absolute Gasteiger partial charge is 0.390 e. The highest BCUT2D eigenvalue weighted by Gasteiger charge is 2.39. The Bertz CT molecular complexity index is 512. The molecule has 2 heterocycles. The van der Waals surface area contributed by atoms with Crippen molar-refractivity contribution in [1.29, 1.82) is 0 Å². The fraction of sp³-hybridized carbons (Fsp3) is 0.733. The summed E-state index contributed by atoms with van der Waals surface area (Å²) in [5.41, 5.74) is 0.309. The third-order valence-electron chi connectivity index (χ3n) is 4.33. The van der Waals surface area contributed by atoms with Crippen molar-refractivity contribution in [1.82, 2.24) is 14.7 Å². The fourth-order valence-electron chi connectivity index (χ4n) is 2.45. The van der Waals surface area contributed by atoms with E-state index in [1.54, 1.807) is 18.7 Å². The molecule has 1 saturated heterocycles. The number of hydrogen-bond acceptors (Lipinski definition) is 3. The Labute approximate surface area is 126 Å². The van der Waals surface area contributed by atoms with E-state index in [2.05, 4.69) is 24.3 Å². The number of carbonyl (C=O) groups is 1. The van der Waals surface area contributed by atoms with Crippen LogP contribution in [-0.4, -0.2) is 44.5 Å². The Kier molecular flexibility index (Phi) is 4.27. The minimum atomic E-state index is -0.731. The zero-order valence-electron chi connectivity index (χ0n) is 13.6. The molecule has 2 N–H and O–H groups in total. The van der Waals surface area contributed by atoms with E-state index in [1.165, 1.54) is 0 Å². The van der Waals surface area contributed by atoms with E-state index in [1.807, 2.05) is 17.7 Å². The number of aliphatic hydroxyl groups is 1. The van der Waals surface area contributed by atoms with Crippen LogP contribution in [0, 0.1) is 12.8 Å². The third-order valence-corrected chi connectivity index (χ3v) is 4.33. The highest BCUT2D eigenvalue weighted by molar-refractivity contribution is 5.88. The molecule has 2 rings (SSSR count). The molecule has 1 aliphatic heterocycles. The summed E-state index contributed by atoms with van der Waals surface area (Å²) >= 11 is 0. The summed E-state index contributed by atoms with van der Waals surface area (Å²) in [6, 6.07) is 2.06. The molecule has 0 bridgehead atoms. The lowest BCUT2D eigenvalue weighted by Gasteiger charge is -2.44. The molecule has 21 heavy (non-hydrogen) atoms. The summed E-state index contributed by atoms with van der Waals surface area (Å²) in [5, 5.41) is 17.1. The van der Waals surface area contributed by atoms with Gasteiger partial charge in [-0.15, -0.1) is 0 Å². The third kappa shape index (κ3) is 3.37. The lowest BCUT2D eigenvalue weighted by Crippen LogP contribution is -2.58. The van der Waals surface area contributed by atoms with Crippen LogP contribution in [0.2, 0.25) is 0 Å². The first kappa shape index (κ1) is 15.8. The van der Waals surface area contributed by atoms with Gasteiger partial charge in [0.15, 0.2) is 5.82 Å². The minimum absolute atomic E-state index is 0.141. The van der Waals surface area contributed by atoms with Gasteiger partial charge in [-0.05, 0) is 34.1 Å². The second kappa shape index (κ2) is 5.67. The zero-order chi connectivity index (χ0) is 15.8. The maximum atomic E-state index is 12.1. The highest BCUT2D eigenvalue weighted by atomic mass is 16.3. The van der Waals surface area contributed by atoms with Gasteiger partial charge in [-0.25, -0.2) is 4.79 Å². The number of anilines is 1. The first-order chi connectivity index (χ1) is 9.72. The van der Waals surface area contributed by atoms with E-state index < -0.39 is 5.60 Å². The number of aryl methyl sites for hydroxylation is 1. The summed E-state index contributed by atoms with van der Waals surface area (Å²) in [4.78, 5) is 13.8. The molecule has 1 aliphatic rings. The molecule has 6 heteroatoms. The Hall–Kier alpha value is -1.56. The molecule has 6 nitrogen and oxygen atoms in total. The SMILES string of the molecule is CCC(C)n1nc(NC(=O)N2CC(C(C)(C)O)C2)cc1C. The number of rotatable bonds is 4. The van der Waals surface area contributed by atoms with Crippen molar-refractivity contribution >= 4 is 11.8 Å². The van der Waals surface area contributed by atoms with Crippen LogP contribution < -0.4 is 5.32 Å². The van der Waals surface area contributed by atoms with Crippen molar-refractivity contribution in [3.05, 3.63) is 11.8 Å². The number of nitrogens with one attached hydrogen (secondary N) is 1. The summed E-state index contributed by atoms with van der Waals surface area (Å²) in [6.45, 7) is 10.9. The first-order valence-corrected chi connectivity index (χ1v) is 7.56. The van der Waals surface area contributed by atoms with Crippen molar-refractivity contribution in [3.8, 4) is 0 Å². The van der Waals surface area contributed by atoms with Crippen LogP contribution in [0.15, 0.2) is 6.07 Å². The predicted octanol–water partition coefficient (Wildman–Crippen LogP) is 2.40. The molecular weight excluding hydrogens is 268 g/mol. The van der Waals surface area contributed by atoms with Gasteiger partial charge in [0.2, 0.25) is 0 Å². The number of nitrogens with zero attached hydrogens (tertiary/aromatic N) is 3. The van der Waals surface area contributed by atoms with Gasteiger partial charge >= 0.3 is 6.03 Å². The van der Waals surface area contributed by atoms with Crippen LogP contribution in [0.4, 0.5) is 10.6 Å². The van der Waals surface area contributed by atoms with Crippen molar-refractivity contribution in [2.24, 2.45) is 5.92 Å². The van der Waals surface area contributed by atoms with Crippen LogP contribution >= 0.6 is 0 Å². The van der Waals surface area contributed by atoms with Crippen molar-refractivity contribution in [2.45, 2.75) is 52.7 Å². The Morgan fingerprint density at radius 3 is 2.71 bits per heavy atom. The molecule has 1 unspecified atom stereocenters. The lowest BCUT2D eigenvalue weighted by atomic mass is 9.85. The number of aromatic nitrogens is 2. The number of hydrogen-bond donors (Lipinski definition) is 2. The lowest BCUT2D eigenvalue weighted by molar-refractivity contribution is -0.0440. The summed E-state index contributed by atoms with van der Waals surface area (Å²) in [6.07, 6.45) is 0.995. The van der Waals surface area contributed by atoms with E-state index in [-0.39, 0.29) is 11.9 Å². The fourth-order valence-corrected chi connectivity index (χ4v) is 2.45. The average molecular weight is 294 g/mol. The van der Waals surface area contributed by atoms with Crippen LogP contribution in [0.3, 0.4) is 0 Å². The maximum absolute atomic E-state index is 12.1. The first-order valence-electron chi connectivity index (χ1n) is 7.56. The number of urea groups is 1. The van der Waals surface area contributed by atoms with Gasteiger partial charge in [-0.2, -0.15) is 5.10 Å². The Balaban J connectivity index is 1.93. The standard InChI is InChI=1S/C15H26N4O2/c1-6-10(2)19-11(3)7-13(17-19)16-14(20)18-8-12(9-18)15(4,5)21/h7,10,12,21H,6,8-9H2,1-5H3,(H,16,17,20). The van der Waals surface area contributed by atoms with Crippen LogP contribution in [0.25, 0.3) is 0 Å². The number of carbonyl (C=O) groups excluding carboxylic acids is 1. The molecule has 1 aromatic rings. The van der Waals surface area contributed by atoms with E-state index in [9.17, 15) is 9.90 Å². The highest BCUT2D eigenvalue weighted by Crippen LogP contribution is 2.27. The van der Waals surface area contributed by atoms with Gasteiger partial charge in [0.05, 0.1) is 5.60 Å². The monoisotopic (exact) mass is 294 g/mol. The molecule has 0 saturated carbocycles.